The summed E-state index contributed by atoms with van der Waals surface area (Å²) in [5, 5.41) is 23.3. The first-order chi connectivity index (χ1) is 20.4. The highest BCUT2D eigenvalue weighted by molar-refractivity contribution is 5.95. The van der Waals surface area contributed by atoms with E-state index in [1.807, 2.05) is 60.7 Å². The lowest BCUT2D eigenvalue weighted by molar-refractivity contribution is -0.176. The molecule has 2 fully saturated rings. The van der Waals surface area contributed by atoms with Gasteiger partial charge in [0.2, 0.25) is 0 Å². The first kappa shape index (κ1) is 25.9. The number of aliphatic hydroxyl groups is 2. The van der Waals surface area contributed by atoms with Crippen LogP contribution in [0.5, 0.6) is 0 Å². The van der Waals surface area contributed by atoms with Gasteiger partial charge >= 0.3 is 0 Å². The van der Waals surface area contributed by atoms with E-state index in [1.54, 1.807) is 9.80 Å². The summed E-state index contributed by atoms with van der Waals surface area (Å²) >= 11 is 0. The summed E-state index contributed by atoms with van der Waals surface area (Å²) in [5.74, 6) is -0.214. The van der Waals surface area contributed by atoms with Gasteiger partial charge in [-0.2, -0.15) is 0 Å². The third-order valence-electron chi connectivity index (χ3n) is 10.1. The minimum atomic E-state index is -0.859. The molecule has 4 aliphatic heterocycles. The van der Waals surface area contributed by atoms with Crippen LogP contribution in [0, 0.1) is 0 Å². The standard InChI is InChI=1S/C34H32N2O6/c1-41-31-27-29(37)25(17-9-5-3-6-10-17)21-13-19(23(21)15-35(27)33(31)39)20-14-22-24(20)16-36-28(32(42-2)34(36)40)30(38)26(22)18-11-7-4-8-12-18/h3-12,27-32,37-38H,13-16H2,1-2H3/t27?,28?,29-,30-,31-,32-/m1/s1. The molecule has 8 rings (SSSR count). The second-order valence-corrected chi connectivity index (χ2v) is 11.9. The summed E-state index contributed by atoms with van der Waals surface area (Å²) in [6.45, 7) is 0.838. The van der Waals surface area contributed by atoms with E-state index < -0.39 is 36.5 Å². The average Bonchev–Trinajstić information content (AvgIpc) is 3.12. The van der Waals surface area contributed by atoms with Gasteiger partial charge in [0.05, 0.1) is 12.1 Å². The molecule has 2 aliphatic carbocycles. The van der Waals surface area contributed by atoms with Crippen LogP contribution in [-0.2, 0) is 19.1 Å². The topological polar surface area (TPSA) is 99.5 Å². The van der Waals surface area contributed by atoms with E-state index in [9.17, 15) is 19.8 Å². The van der Waals surface area contributed by atoms with Gasteiger partial charge in [0.25, 0.3) is 11.8 Å². The van der Waals surface area contributed by atoms with Crippen molar-refractivity contribution in [3.63, 3.8) is 0 Å². The predicted molar refractivity (Wildman–Crippen MR) is 155 cm³/mol. The second-order valence-electron chi connectivity index (χ2n) is 11.9. The van der Waals surface area contributed by atoms with Crippen molar-refractivity contribution < 1.29 is 29.3 Å². The quantitative estimate of drug-likeness (QED) is 0.542. The number of benzene rings is 2. The Balaban J connectivity index is 1.28. The van der Waals surface area contributed by atoms with Gasteiger partial charge in [-0.15, -0.1) is 0 Å². The van der Waals surface area contributed by atoms with Crippen molar-refractivity contribution in [2.24, 2.45) is 0 Å². The van der Waals surface area contributed by atoms with E-state index >= 15 is 0 Å². The van der Waals surface area contributed by atoms with Crippen LogP contribution >= 0.6 is 0 Å². The van der Waals surface area contributed by atoms with Crippen LogP contribution in [0.3, 0.4) is 0 Å². The van der Waals surface area contributed by atoms with Crippen molar-refractivity contribution in [1.29, 1.82) is 0 Å². The summed E-state index contributed by atoms with van der Waals surface area (Å²) in [6.07, 6.45) is -1.70. The molecule has 0 saturated carbocycles. The molecule has 0 spiro atoms. The minimum Gasteiger partial charge on any atom is -0.386 e. The average molecular weight is 565 g/mol. The summed E-state index contributed by atoms with van der Waals surface area (Å²) in [5.41, 5.74) is 10.3. The van der Waals surface area contributed by atoms with Crippen LogP contribution in [0.1, 0.15) is 24.0 Å². The number of hydrogen-bond acceptors (Lipinski definition) is 6. The van der Waals surface area contributed by atoms with Crippen LogP contribution in [0.4, 0.5) is 0 Å². The van der Waals surface area contributed by atoms with Crippen LogP contribution in [0.25, 0.3) is 11.1 Å². The molecule has 8 heteroatoms. The normalized spacial score (nSPS) is 31.7. The Morgan fingerprint density at radius 2 is 0.976 bits per heavy atom. The molecular weight excluding hydrogens is 532 g/mol. The fourth-order valence-corrected chi connectivity index (χ4v) is 7.97. The van der Waals surface area contributed by atoms with E-state index in [0.29, 0.717) is 25.9 Å². The number of amides is 2. The molecule has 2 amide bonds. The number of fused-ring (bicyclic) bond motifs is 4. The lowest BCUT2D eigenvalue weighted by Crippen LogP contribution is -2.69. The molecule has 2 aromatic rings. The van der Waals surface area contributed by atoms with Gasteiger partial charge < -0.3 is 29.5 Å². The molecule has 4 heterocycles. The first-order valence-electron chi connectivity index (χ1n) is 14.5. The number of methoxy groups -OCH3 is 2. The lowest BCUT2D eigenvalue weighted by Gasteiger charge is -2.48. The first-order valence-corrected chi connectivity index (χ1v) is 14.5. The van der Waals surface area contributed by atoms with Crippen molar-refractivity contribution in [3.05, 3.63) is 105 Å². The van der Waals surface area contributed by atoms with Crippen molar-refractivity contribution in [1.82, 2.24) is 9.80 Å². The smallest absolute Gasteiger partial charge is 0.254 e. The Morgan fingerprint density at radius 3 is 1.33 bits per heavy atom. The largest absolute Gasteiger partial charge is 0.386 e. The third kappa shape index (κ3) is 3.32. The van der Waals surface area contributed by atoms with Gasteiger partial charge in [-0.25, -0.2) is 0 Å². The van der Waals surface area contributed by atoms with Crippen LogP contribution in [0.15, 0.2) is 94.1 Å². The molecule has 2 aromatic carbocycles. The maximum atomic E-state index is 13.0. The Labute approximate surface area is 243 Å². The molecule has 8 nitrogen and oxygen atoms in total. The Morgan fingerprint density at radius 1 is 0.595 bits per heavy atom. The third-order valence-corrected chi connectivity index (χ3v) is 10.1. The van der Waals surface area contributed by atoms with Crippen LogP contribution < -0.4 is 0 Å². The zero-order valence-electron chi connectivity index (χ0n) is 23.5. The number of allylic oxidation sites excluding steroid dienone is 2. The molecule has 0 aromatic heterocycles. The second kappa shape index (κ2) is 9.34. The molecule has 2 saturated heterocycles. The highest BCUT2D eigenvalue weighted by Crippen LogP contribution is 2.56. The van der Waals surface area contributed by atoms with Crippen LogP contribution in [0.2, 0.25) is 0 Å². The number of nitrogens with zero attached hydrogens (tertiary/aromatic N) is 2. The summed E-state index contributed by atoms with van der Waals surface area (Å²) in [6, 6.07) is 18.9. The number of β-lactam (4-membered cyclic amide) rings is 2. The zero-order chi connectivity index (χ0) is 28.9. The Hall–Kier alpha value is -3.82. The number of carbonyl (C=O) groups is 2. The van der Waals surface area contributed by atoms with E-state index in [4.69, 9.17) is 9.47 Å². The van der Waals surface area contributed by atoms with Gasteiger partial charge in [0, 0.05) is 27.3 Å². The lowest BCUT2D eigenvalue weighted by atomic mass is 9.66. The monoisotopic (exact) mass is 564 g/mol. The SMILES string of the molecule is CO[C@H]1C(=O)N2CC3=C(C4=C5CN6C(=O)[C@H](OC)C6[C@H](O)C(c6ccccc6)=C5C4)CC3=C(c3ccccc3)[C@@H](O)C12. The van der Waals surface area contributed by atoms with Crippen molar-refractivity contribution in [3.8, 4) is 0 Å². The van der Waals surface area contributed by atoms with E-state index in [1.165, 1.54) is 25.4 Å². The Bertz CT molecular complexity index is 1530. The number of aliphatic hydroxyl groups excluding tert-OH is 2. The van der Waals surface area contributed by atoms with Crippen molar-refractivity contribution >= 4 is 23.0 Å². The molecule has 2 unspecified atom stereocenters. The fourth-order valence-electron chi connectivity index (χ4n) is 7.97. The van der Waals surface area contributed by atoms with Crippen LogP contribution in [-0.4, -0.2) is 95.6 Å². The van der Waals surface area contributed by atoms with E-state index in [-0.39, 0.29) is 11.8 Å². The van der Waals surface area contributed by atoms with E-state index in [0.717, 1.165) is 44.6 Å². The zero-order valence-corrected chi connectivity index (χ0v) is 23.5. The predicted octanol–water partition coefficient (Wildman–Crippen LogP) is 2.50. The van der Waals surface area contributed by atoms with Crippen molar-refractivity contribution in [2.45, 2.75) is 49.3 Å². The summed E-state index contributed by atoms with van der Waals surface area (Å²) in [7, 11) is 3.04. The highest BCUT2D eigenvalue weighted by Gasteiger charge is 2.58. The Kier molecular flexibility index (Phi) is 5.75. The maximum absolute atomic E-state index is 13.0. The number of carbonyl (C=O) groups excluding carboxylic acids is 2. The summed E-state index contributed by atoms with van der Waals surface area (Å²) in [4.78, 5) is 29.6. The molecular formula is C34H32N2O6. The minimum absolute atomic E-state index is 0.107. The summed E-state index contributed by atoms with van der Waals surface area (Å²) < 4.78 is 11.0. The van der Waals surface area contributed by atoms with Gasteiger partial charge in [0.15, 0.2) is 12.2 Å². The molecule has 6 aliphatic rings. The molecule has 0 bridgehead atoms. The van der Waals surface area contributed by atoms with Gasteiger partial charge in [0.1, 0.15) is 12.2 Å². The number of hydrogen-bond donors (Lipinski definition) is 2. The number of ether oxygens (including phenoxy) is 2. The molecule has 214 valence electrons. The van der Waals surface area contributed by atoms with Gasteiger partial charge in [-0.3, -0.25) is 9.59 Å². The molecule has 0 radical (unpaired) electrons. The van der Waals surface area contributed by atoms with E-state index in [2.05, 4.69) is 0 Å². The fraction of sp³-hybridized carbons (Fsp3) is 0.353. The molecule has 6 atom stereocenters. The highest BCUT2D eigenvalue weighted by atomic mass is 16.5. The van der Waals surface area contributed by atoms with Crippen molar-refractivity contribution in [2.75, 3.05) is 27.3 Å². The van der Waals surface area contributed by atoms with Gasteiger partial charge in [-0.1, -0.05) is 60.7 Å². The molecule has 42 heavy (non-hydrogen) atoms. The van der Waals surface area contributed by atoms with Gasteiger partial charge in [-0.05, 0) is 68.6 Å². The molecule has 2 N–H and O–H groups in total. The number of rotatable bonds is 5. The maximum Gasteiger partial charge on any atom is 0.254 e.